The van der Waals surface area contributed by atoms with Crippen molar-refractivity contribution >= 4 is 23.1 Å². The molecular formula is C21H16FN5O. The second kappa shape index (κ2) is 6.16. The Morgan fingerprint density at radius 3 is 2.89 bits per heavy atom. The van der Waals surface area contributed by atoms with Crippen molar-refractivity contribution in [2.75, 3.05) is 5.32 Å². The number of hydrogen-bond donors (Lipinski definition) is 2. The number of aromatic nitrogens is 3. The van der Waals surface area contributed by atoms with E-state index in [1.807, 2.05) is 30.3 Å². The van der Waals surface area contributed by atoms with E-state index in [4.69, 9.17) is 0 Å². The second-order valence-corrected chi connectivity index (χ2v) is 6.69. The van der Waals surface area contributed by atoms with Crippen LogP contribution in [0.2, 0.25) is 0 Å². The van der Waals surface area contributed by atoms with Gasteiger partial charge in [-0.15, -0.1) is 0 Å². The van der Waals surface area contributed by atoms with E-state index >= 15 is 0 Å². The molecule has 4 heterocycles. The number of imidazole rings is 1. The molecule has 1 aromatic carbocycles. The maximum atomic E-state index is 14.4. The van der Waals surface area contributed by atoms with Crippen LogP contribution in [-0.4, -0.2) is 20.3 Å². The van der Waals surface area contributed by atoms with Gasteiger partial charge in [-0.25, -0.2) is 14.4 Å². The molecular weight excluding hydrogens is 357 g/mol. The van der Waals surface area contributed by atoms with Crippen molar-refractivity contribution in [1.82, 2.24) is 19.7 Å². The molecule has 0 spiro atoms. The molecule has 7 heteroatoms. The summed E-state index contributed by atoms with van der Waals surface area (Å²) in [6.45, 7) is 2.12. The molecule has 4 aromatic rings. The van der Waals surface area contributed by atoms with Crippen LogP contribution in [0.1, 0.15) is 21.5 Å². The number of rotatable bonds is 3. The number of amides is 1. The van der Waals surface area contributed by atoms with Gasteiger partial charge < -0.3 is 10.6 Å². The van der Waals surface area contributed by atoms with Gasteiger partial charge in [0.1, 0.15) is 5.82 Å². The minimum atomic E-state index is -0.340. The number of anilines is 2. The third-order valence-electron chi connectivity index (χ3n) is 4.98. The van der Waals surface area contributed by atoms with Gasteiger partial charge in [0.2, 0.25) is 0 Å². The normalized spacial score (nSPS) is 12.9. The van der Waals surface area contributed by atoms with Crippen molar-refractivity contribution in [1.29, 1.82) is 0 Å². The first-order valence-electron chi connectivity index (χ1n) is 8.88. The Hall–Kier alpha value is -3.74. The van der Waals surface area contributed by atoms with Crippen molar-refractivity contribution in [3.63, 3.8) is 0 Å². The summed E-state index contributed by atoms with van der Waals surface area (Å²) in [5, 5.41) is 6.09. The summed E-state index contributed by atoms with van der Waals surface area (Å²) in [6, 6.07) is 11.0. The fraction of sp³-hybridized carbons (Fsp3) is 0.0952. The van der Waals surface area contributed by atoms with Crippen molar-refractivity contribution < 1.29 is 9.18 Å². The van der Waals surface area contributed by atoms with Gasteiger partial charge in [-0.3, -0.25) is 9.20 Å². The Bertz CT molecular complexity index is 1230. The molecule has 28 heavy (non-hydrogen) atoms. The highest BCUT2D eigenvalue weighted by molar-refractivity contribution is 6.06. The van der Waals surface area contributed by atoms with E-state index in [1.165, 1.54) is 0 Å². The monoisotopic (exact) mass is 373 g/mol. The van der Waals surface area contributed by atoms with E-state index in [1.54, 1.807) is 36.0 Å². The minimum Gasteiger partial charge on any atom is -0.348 e. The summed E-state index contributed by atoms with van der Waals surface area (Å²) >= 11 is 0. The standard InChI is InChI=1S/C21H16FN5O/c1-12-7-9-27-16(11-24-20(27)19(12)22)13-5-6-15(18-14(13)10-25-21(18)28)26-17-4-2-3-8-23-17/h2-9,11H,10H2,1H3,(H,23,26)(H,25,28). The molecule has 3 aromatic heterocycles. The Morgan fingerprint density at radius 1 is 1.18 bits per heavy atom. The van der Waals surface area contributed by atoms with Crippen LogP contribution in [0, 0.1) is 12.7 Å². The van der Waals surface area contributed by atoms with Crippen molar-refractivity contribution in [3.05, 3.63) is 77.5 Å². The fourth-order valence-electron chi connectivity index (χ4n) is 3.58. The number of carbonyl (C=O) groups is 1. The first kappa shape index (κ1) is 16.4. The summed E-state index contributed by atoms with van der Waals surface area (Å²) in [6.07, 6.45) is 5.13. The SMILES string of the molecule is Cc1ccn2c(-c3ccc(Nc4ccccn4)c4c3CNC4=O)cnc2c1F. The molecule has 0 fully saturated rings. The average Bonchev–Trinajstić information content (AvgIpc) is 3.31. The molecule has 0 saturated heterocycles. The van der Waals surface area contributed by atoms with E-state index in [0.29, 0.717) is 29.2 Å². The van der Waals surface area contributed by atoms with Gasteiger partial charge in [0.15, 0.2) is 11.5 Å². The lowest BCUT2D eigenvalue weighted by molar-refractivity contribution is 0.0966. The molecule has 5 rings (SSSR count). The quantitative estimate of drug-likeness (QED) is 0.573. The predicted octanol–water partition coefficient (Wildman–Crippen LogP) is 3.83. The molecule has 0 aliphatic carbocycles. The Balaban J connectivity index is 1.67. The molecule has 0 unspecified atom stereocenters. The van der Waals surface area contributed by atoms with Gasteiger partial charge in [-0.05, 0) is 42.3 Å². The highest BCUT2D eigenvalue weighted by atomic mass is 19.1. The Morgan fingerprint density at radius 2 is 2.07 bits per heavy atom. The molecule has 0 radical (unpaired) electrons. The maximum absolute atomic E-state index is 14.4. The Labute approximate surface area is 160 Å². The van der Waals surface area contributed by atoms with Crippen molar-refractivity contribution in [2.45, 2.75) is 13.5 Å². The van der Waals surface area contributed by atoms with Crippen LogP contribution in [0.15, 0.2) is 55.0 Å². The zero-order valence-corrected chi connectivity index (χ0v) is 15.0. The van der Waals surface area contributed by atoms with Crippen LogP contribution in [0.4, 0.5) is 15.9 Å². The summed E-state index contributed by atoms with van der Waals surface area (Å²) in [7, 11) is 0. The number of pyridine rings is 2. The number of benzene rings is 1. The highest BCUT2D eigenvalue weighted by Gasteiger charge is 2.27. The van der Waals surface area contributed by atoms with Crippen LogP contribution in [0.5, 0.6) is 0 Å². The number of fused-ring (bicyclic) bond motifs is 2. The zero-order chi connectivity index (χ0) is 19.3. The van der Waals surface area contributed by atoms with E-state index in [0.717, 1.165) is 16.8 Å². The molecule has 0 bridgehead atoms. The van der Waals surface area contributed by atoms with Gasteiger partial charge in [0.25, 0.3) is 5.91 Å². The maximum Gasteiger partial charge on any atom is 0.254 e. The summed E-state index contributed by atoms with van der Waals surface area (Å²) in [4.78, 5) is 21.0. The lowest BCUT2D eigenvalue weighted by atomic mass is 9.99. The second-order valence-electron chi connectivity index (χ2n) is 6.69. The van der Waals surface area contributed by atoms with Crippen LogP contribution in [0.3, 0.4) is 0 Å². The largest absolute Gasteiger partial charge is 0.348 e. The van der Waals surface area contributed by atoms with Crippen molar-refractivity contribution in [3.8, 4) is 11.3 Å². The smallest absolute Gasteiger partial charge is 0.254 e. The topological polar surface area (TPSA) is 71.3 Å². The average molecular weight is 373 g/mol. The summed E-state index contributed by atoms with van der Waals surface area (Å²) in [5.74, 6) is 0.170. The van der Waals surface area contributed by atoms with Gasteiger partial charge >= 0.3 is 0 Å². The van der Waals surface area contributed by atoms with E-state index in [9.17, 15) is 9.18 Å². The van der Waals surface area contributed by atoms with Gasteiger partial charge in [0.05, 0.1) is 23.1 Å². The van der Waals surface area contributed by atoms with Crippen molar-refractivity contribution in [2.24, 2.45) is 0 Å². The first-order chi connectivity index (χ1) is 13.6. The van der Waals surface area contributed by atoms with Gasteiger partial charge in [-0.1, -0.05) is 12.1 Å². The van der Waals surface area contributed by atoms with E-state index in [2.05, 4.69) is 20.6 Å². The number of nitrogens with one attached hydrogen (secondary N) is 2. The number of halogens is 1. The van der Waals surface area contributed by atoms with Crippen LogP contribution in [-0.2, 0) is 6.54 Å². The first-order valence-corrected chi connectivity index (χ1v) is 8.88. The molecule has 1 aliphatic rings. The predicted molar refractivity (Wildman–Crippen MR) is 104 cm³/mol. The van der Waals surface area contributed by atoms with E-state index < -0.39 is 0 Å². The molecule has 6 nitrogen and oxygen atoms in total. The summed E-state index contributed by atoms with van der Waals surface area (Å²) in [5.41, 5.74) is 4.52. The number of hydrogen-bond acceptors (Lipinski definition) is 4. The van der Waals surface area contributed by atoms with Crippen LogP contribution >= 0.6 is 0 Å². The lowest BCUT2D eigenvalue weighted by Gasteiger charge is -2.13. The lowest BCUT2D eigenvalue weighted by Crippen LogP contribution is -2.13. The van der Waals surface area contributed by atoms with Gasteiger partial charge in [0, 0.05) is 24.5 Å². The van der Waals surface area contributed by atoms with Crippen LogP contribution < -0.4 is 10.6 Å². The Kier molecular flexibility index (Phi) is 3.61. The van der Waals surface area contributed by atoms with Gasteiger partial charge in [-0.2, -0.15) is 0 Å². The number of carbonyl (C=O) groups excluding carboxylic acids is 1. The van der Waals surface area contributed by atoms with Crippen LogP contribution in [0.25, 0.3) is 16.9 Å². The molecule has 138 valence electrons. The van der Waals surface area contributed by atoms with E-state index in [-0.39, 0.29) is 17.4 Å². The number of aryl methyl sites for hydroxylation is 1. The summed E-state index contributed by atoms with van der Waals surface area (Å²) < 4.78 is 16.1. The fourth-order valence-corrected chi connectivity index (χ4v) is 3.58. The third-order valence-corrected chi connectivity index (χ3v) is 4.98. The highest BCUT2D eigenvalue weighted by Crippen LogP contribution is 2.35. The molecule has 1 amide bonds. The zero-order valence-electron chi connectivity index (χ0n) is 15.0. The minimum absolute atomic E-state index is 0.147. The molecule has 1 aliphatic heterocycles. The molecule has 0 atom stereocenters. The third kappa shape index (κ3) is 2.44. The molecule has 2 N–H and O–H groups in total. The number of nitrogens with zero attached hydrogens (tertiary/aromatic N) is 3. The molecule has 0 saturated carbocycles.